The fourth-order valence-electron chi connectivity index (χ4n) is 1.62. The average molecular weight is 310 g/mol. The molecule has 0 aliphatic rings. The summed E-state index contributed by atoms with van der Waals surface area (Å²) in [4.78, 5) is 21.9. The van der Waals surface area contributed by atoms with Crippen LogP contribution in [0.3, 0.4) is 0 Å². The van der Waals surface area contributed by atoms with Gasteiger partial charge in [0.15, 0.2) is 5.25 Å². The Morgan fingerprint density at radius 3 is 2.15 bits per heavy atom. The molecule has 0 aliphatic carbocycles. The van der Waals surface area contributed by atoms with E-state index in [1.54, 1.807) is 0 Å². The van der Waals surface area contributed by atoms with E-state index in [0.717, 1.165) is 32.1 Å². The van der Waals surface area contributed by atoms with E-state index in [0.29, 0.717) is 6.42 Å². The van der Waals surface area contributed by atoms with Crippen LogP contribution in [0, 0.1) is 0 Å². The van der Waals surface area contributed by atoms with Gasteiger partial charge < -0.3 is 9.84 Å². The maximum absolute atomic E-state index is 11.4. The molecule has 8 heteroatoms. The summed E-state index contributed by atoms with van der Waals surface area (Å²) in [5.74, 6) is -2.72. The molecule has 0 bridgehead atoms. The lowest BCUT2D eigenvalue weighted by Crippen LogP contribution is -2.34. The number of esters is 1. The second-order valence-electron chi connectivity index (χ2n) is 4.54. The fraction of sp³-hybridized carbons (Fsp3) is 0.833. The van der Waals surface area contributed by atoms with Gasteiger partial charge >= 0.3 is 11.9 Å². The Morgan fingerprint density at radius 2 is 1.65 bits per heavy atom. The number of rotatable bonds is 11. The van der Waals surface area contributed by atoms with Crippen molar-refractivity contribution in [2.45, 2.75) is 57.1 Å². The summed E-state index contributed by atoms with van der Waals surface area (Å²) in [5, 5.41) is 6.45. The van der Waals surface area contributed by atoms with Gasteiger partial charge in [-0.2, -0.15) is 8.42 Å². The Bertz CT molecular complexity index is 402. The van der Waals surface area contributed by atoms with Gasteiger partial charge in [0.25, 0.3) is 10.1 Å². The summed E-state index contributed by atoms with van der Waals surface area (Å²) in [6.07, 6.45) is 4.79. The maximum atomic E-state index is 11.4. The third-order valence-corrected chi connectivity index (χ3v) is 3.80. The number of unbranched alkanes of at least 4 members (excludes halogenated alkanes) is 5. The Morgan fingerprint density at radius 1 is 1.10 bits per heavy atom. The molecule has 0 fully saturated rings. The summed E-state index contributed by atoms with van der Waals surface area (Å²) in [6.45, 7) is 2.12. The minimum Gasteiger partial charge on any atom is -0.481 e. The molecular formula is C12H22O7S. The van der Waals surface area contributed by atoms with E-state index in [-0.39, 0.29) is 6.61 Å². The number of carbonyl (C=O) groups excluding carboxylic acids is 1. The van der Waals surface area contributed by atoms with Crippen molar-refractivity contribution >= 4 is 22.1 Å². The largest absolute Gasteiger partial charge is 0.481 e. The first-order valence-corrected chi connectivity index (χ1v) is 8.14. The third kappa shape index (κ3) is 8.87. The number of carboxylic acid groups (broad SMARTS) is 1. The lowest BCUT2D eigenvalue weighted by Gasteiger charge is -2.11. The van der Waals surface area contributed by atoms with Crippen molar-refractivity contribution in [2.75, 3.05) is 6.61 Å². The maximum Gasteiger partial charge on any atom is 0.327 e. The summed E-state index contributed by atoms with van der Waals surface area (Å²) < 4.78 is 35.3. The number of aliphatic carboxylic acids is 1. The van der Waals surface area contributed by atoms with E-state index in [1.165, 1.54) is 0 Å². The minimum absolute atomic E-state index is 0.0244. The highest BCUT2D eigenvalue weighted by Gasteiger charge is 2.34. The first-order valence-electron chi connectivity index (χ1n) is 6.63. The summed E-state index contributed by atoms with van der Waals surface area (Å²) in [5.41, 5.74) is 0. The molecule has 0 aromatic carbocycles. The smallest absolute Gasteiger partial charge is 0.327 e. The third-order valence-electron chi connectivity index (χ3n) is 2.72. The van der Waals surface area contributed by atoms with Crippen LogP contribution in [0.2, 0.25) is 0 Å². The number of hydrogen-bond donors (Lipinski definition) is 2. The van der Waals surface area contributed by atoms with Gasteiger partial charge in [0.2, 0.25) is 0 Å². The first kappa shape index (κ1) is 18.9. The zero-order valence-corrected chi connectivity index (χ0v) is 12.4. The second-order valence-corrected chi connectivity index (χ2v) is 6.14. The monoisotopic (exact) mass is 310 g/mol. The van der Waals surface area contributed by atoms with E-state index in [9.17, 15) is 18.0 Å². The zero-order chi connectivity index (χ0) is 15.6. The molecule has 0 amide bonds. The highest BCUT2D eigenvalue weighted by atomic mass is 32.2. The fourth-order valence-corrected chi connectivity index (χ4v) is 2.28. The molecule has 0 spiro atoms. The van der Waals surface area contributed by atoms with Crippen LogP contribution in [0.15, 0.2) is 0 Å². The molecule has 7 nitrogen and oxygen atoms in total. The van der Waals surface area contributed by atoms with Gasteiger partial charge in [-0.25, -0.2) is 0 Å². The van der Waals surface area contributed by atoms with Crippen molar-refractivity contribution in [1.82, 2.24) is 0 Å². The Balaban J connectivity index is 4.06. The SMILES string of the molecule is CCCCCCCCOC(=O)C(CC(=O)O)S(=O)(=O)O. The number of hydrogen-bond acceptors (Lipinski definition) is 5. The molecule has 118 valence electrons. The van der Waals surface area contributed by atoms with Crippen molar-refractivity contribution in [3.63, 3.8) is 0 Å². The Labute approximate surface area is 119 Å². The van der Waals surface area contributed by atoms with Gasteiger partial charge in [-0.1, -0.05) is 39.0 Å². The van der Waals surface area contributed by atoms with Crippen molar-refractivity contribution in [1.29, 1.82) is 0 Å². The van der Waals surface area contributed by atoms with E-state index in [4.69, 9.17) is 14.4 Å². The van der Waals surface area contributed by atoms with Crippen molar-refractivity contribution in [2.24, 2.45) is 0 Å². The quantitative estimate of drug-likeness (QED) is 0.338. The predicted molar refractivity (Wildman–Crippen MR) is 71.9 cm³/mol. The Kier molecular flexibility index (Phi) is 9.15. The van der Waals surface area contributed by atoms with Gasteiger partial charge in [0.1, 0.15) is 0 Å². The highest BCUT2D eigenvalue weighted by molar-refractivity contribution is 7.87. The van der Waals surface area contributed by atoms with Crippen LogP contribution >= 0.6 is 0 Å². The molecule has 0 saturated carbocycles. The summed E-state index contributed by atoms with van der Waals surface area (Å²) in [7, 11) is -4.77. The number of ether oxygens (including phenoxy) is 1. The Hall–Kier alpha value is -1.15. The van der Waals surface area contributed by atoms with Crippen molar-refractivity contribution in [3.05, 3.63) is 0 Å². The molecule has 0 rings (SSSR count). The van der Waals surface area contributed by atoms with Gasteiger partial charge in [-0.05, 0) is 6.42 Å². The van der Waals surface area contributed by atoms with Crippen LogP contribution in [0.5, 0.6) is 0 Å². The topological polar surface area (TPSA) is 118 Å². The van der Waals surface area contributed by atoms with Crippen LogP contribution in [-0.4, -0.2) is 41.9 Å². The molecule has 0 radical (unpaired) electrons. The number of carbonyl (C=O) groups is 2. The zero-order valence-electron chi connectivity index (χ0n) is 11.6. The van der Waals surface area contributed by atoms with Gasteiger partial charge in [0.05, 0.1) is 13.0 Å². The van der Waals surface area contributed by atoms with Crippen LogP contribution in [0.4, 0.5) is 0 Å². The normalized spacial score (nSPS) is 12.9. The summed E-state index contributed by atoms with van der Waals surface area (Å²) >= 11 is 0. The van der Waals surface area contributed by atoms with Crippen LogP contribution in [0.1, 0.15) is 51.9 Å². The molecule has 0 saturated heterocycles. The van der Waals surface area contributed by atoms with E-state index in [2.05, 4.69) is 6.92 Å². The molecule has 0 heterocycles. The number of carboxylic acids is 1. The van der Waals surface area contributed by atoms with E-state index < -0.39 is 33.7 Å². The molecule has 1 atom stereocenters. The van der Waals surface area contributed by atoms with Crippen molar-refractivity contribution < 1.29 is 32.4 Å². The van der Waals surface area contributed by atoms with Gasteiger partial charge in [-0.15, -0.1) is 0 Å². The minimum atomic E-state index is -4.77. The van der Waals surface area contributed by atoms with Gasteiger partial charge in [0, 0.05) is 0 Å². The highest BCUT2D eigenvalue weighted by Crippen LogP contribution is 2.09. The van der Waals surface area contributed by atoms with Crippen LogP contribution < -0.4 is 0 Å². The predicted octanol–water partition coefficient (Wildman–Crippen LogP) is 1.62. The molecule has 1 unspecified atom stereocenters. The van der Waals surface area contributed by atoms with Crippen LogP contribution in [-0.2, 0) is 24.4 Å². The van der Waals surface area contributed by atoms with E-state index in [1.807, 2.05) is 0 Å². The van der Waals surface area contributed by atoms with Crippen LogP contribution in [0.25, 0.3) is 0 Å². The van der Waals surface area contributed by atoms with Gasteiger partial charge in [-0.3, -0.25) is 14.1 Å². The molecular weight excluding hydrogens is 288 g/mol. The molecule has 2 N–H and O–H groups in total. The lowest BCUT2D eigenvalue weighted by molar-refractivity contribution is -0.147. The molecule has 20 heavy (non-hydrogen) atoms. The first-order chi connectivity index (χ1) is 9.29. The molecule has 0 aromatic rings. The summed E-state index contributed by atoms with van der Waals surface area (Å²) in [6, 6.07) is 0. The average Bonchev–Trinajstić information content (AvgIpc) is 2.33. The second kappa shape index (κ2) is 9.71. The molecule has 0 aromatic heterocycles. The molecule has 0 aliphatic heterocycles. The standard InChI is InChI=1S/C12H22O7S/c1-2-3-4-5-6-7-8-19-12(15)10(9-11(13)14)20(16,17)18/h10H,2-9H2,1H3,(H,13,14)(H,16,17,18). The van der Waals surface area contributed by atoms with Crippen molar-refractivity contribution in [3.8, 4) is 0 Å². The lowest BCUT2D eigenvalue weighted by atomic mass is 10.1. The van der Waals surface area contributed by atoms with E-state index >= 15 is 0 Å².